The molecule has 10 heteroatoms. The summed E-state index contributed by atoms with van der Waals surface area (Å²) in [6.45, 7) is 5.42. The predicted octanol–water partition coefficient (Wildman–Crippen LogP) is 2.60. The molecule has 5 rings (SSSR count). The van der Waals surface area contributed by atoms with Gasteiger partial charge in [0.2, 0.25) is 5.91 Å². The van der Waals surface area contributed by atoms with E-state index in [1.54, 1.807) is 11.1 Å². The highest BCUT2D eigenvalue weighted by molar-refractivity contribution is 5.90. The van der Waals surface area contributed by atoms with E-state index in [4.69, 9.17) is 14.4 Å². The molecule has 10 nitrogen and oxygen atoms in total. The van der Waals surface area contributed by atoms with Crippen LogP contribution in [-0.4, -0.2) is 61.5 Å². The van der Waals surface area contributed by atoms with E-state index in [0.29, 0.717) is 30.7 Å². The van der Waals surface area contributed by atoms with Crippen molar-refractivity contribution >= 4 is 22.8 Å². The molecule has 2 saturated heterocycles. The molecule has 0 saturated carbocycles. The molecule has 31 heavy (non-hydrogen) atoms. The molecule has 0 aliphatic carbocycles. The van der Waals surface area contributed by atoms with Gasteiger partial charge in [-0.3, -0.25) is 4.79 Å². The number of nitrogens with one attached hydrogen (secondary N) is 1. The molecule has 2 aliphatic heterocycles. The van der Waals surface area contributed by atoms with Crippen LogP contribution in [0.25, 0.3) is 22.5 Å². The van der Waals surface area contributed by atoms with Gasteiger partial charge in [-0.15, -0.1) is 0 Å². The second-order valence-corrected chi connectivity index (χ2v) is 8.08. The fraction of sp³-hybridized carbons (Fsp3) is 0.571. The number of hydrogen-bond acceptors (Lipinski definition) is 8. The number of aromatic nitrogens is 5. The molecule has 0 aromatic carbocycles. The van der Waals surface area contributed by atoms with Gasteiger partial charge in [0.15, 0.2) is 17.3 Å². The summed E-state index contributed by atoms with van der Waals surface area (Å²) in [6.07, 6.45) is 6.20. The maximum absolute atomic E-state index is 12.1. The van der Waals surface area contributed by atoms with Crippen molar-refractivity contribution in [3.8, 4) is 11.5 Å². The average molecular weight is 425 g/mol. The van der Waals surface area contributed by atoms with Crippen molar-refractivity contribution in [2.24, 2.45) is 0 Å². The van der Waals surface area contributed by atoms with E-state index in [1.807, 2.05) is 17.7 Å². The van der Waals surface area contributed by atoms with Crippen LogP contribution in [0.3, 0.4) is 0 Å². The Morgan fingerprint density at radius 1 is 1.26 bits per heavy atom. The third kappa shape index (κ3) is 4.12. The number of pyridine rings is 1. The number of rotatable bonds is 6. The van der Waals surface area contributed by atoms with Crippen molar-refractivity contribution in [2.75, 3.05) is 25.1 Å². The maximum atomic E-state index is 12.1. The lowest BCUT2D eigenvalue weighted by atomic mass is 10.1. The first-order valence-electron chi connectivity index (χ1n) is 11.0. The molecule has 3 aromatic heterocycles. The van der Waals surface area contributed by atoms with Crippen molar-refractivity contribution < 1.29 is 14.1 Å². The largest absolute Gasteiger partial charge is 0.381 e. The van der Waals surface area contributed by atoms with Gasteiger partial charge < -0.3 is 19.5 Å². The lowest BCUT2D eigenvalue weighted by molar-refractivity contribution is -0.134. The minimum absolute atomic E-state index is 0.150. The quantitative estimate of drug-likeness (QED) is 0.642. The van der Waals surface area contributed by atoms with E-state index in [-0.39, 0.29) is 5.91 Å². The molecule has 164 valence electrons. The molecular formula is C21H27N7O3. The van der Waals surface area contributed by atoms with Gasteiger partial charge in [0, 0.05) is 45.0 Å². The molecule has 1 N–H and O–H groups in total. The number of fused-ring (bicyclic) bond motifs is 1. The van der Waals surface area contributed by atoms with E-state index in [9.17, 15) is 4.79 Å². The number of ether oxygens (including phenoxy) is 1. The van der Waals surface area contributed by atoms with Crippen LogP contribution in [0.15, 0.2) is 16.8 Å². The first kappa shape index (κ1) is 19.9. The smallest absolute Gasteiger partial charge is 0.259 e. The van der Waals surface area contributed by atoms with Crippen LogP contribution in [-0.2, 0) is 22.6 Å². The normalized spacial score (nSPS) is 18.1. The number of aryl methyl sites for hydroxylation is 1. The minimum Gasteiger partial charge on any atom is -0.381 e. The zero-order chi connectivity index (χ0) is 21.2. The van der Waals surface area contributed by atoms with E-state index in [2.05, 4.69) is 20.4 Å². The predicted molar refractivity (Wildman–Crippen MR) is 113 cm³/mol. The van der Waals surface area contributed by atoms with Gasteiger partial charge in [0.05, 0.1) is 17.5 Å². The number of nitrogens with zero attached hydrogens (tertiary/aromatic N) is 6. The first-order valence-corrected chi connectivity index (χ1v) is 11.0. The van der Waals surface area contributed by atoms with Crippen molar-refractivity contribution in [3.63, 3.8) is 0 Å². The molecule has 0 unspecified atom stereocenters. The van der Waals surface area contributed by atoms with Gasteiger partial charge in [0.25, 0.3) is 5.89 Å². The van der Waals surface area contributed by atoms with Gasteiger partial charge in [0.1, 0.15) is 0 Å². The SMILES string of the molecule is CCn1nc(NC2CCOCC2)c2cc(-c3nc(CN4CCCCC4=O)no3)cnc21. The van der Waals surface area contributed by atoms with Crippen LogP contribution in [0.2, 0.25) is 0 Å². The number of likely N-dealkylation sites (tertiary alicyclic amines) is 1. The molecule has 5 heterocycles. The average Bonchev–Trinajstić information content (AvgIpc) is 3.40. The fourth-order valence-corrected chi connectivity index (χ4v) is 4.17. The number of amides is 1. The van der Waals surface area contributed by atoms with E-state index in [1.165, 1.54) is 0 Å². The summed E-state index contributed by atoms with van der Waals surface area (Å²) in [6, 6.07) is 2.32. The van der Waals surface area contributed by atoms with Crippen molar-refractivity contribution in [2.45, 2.75) is 58.2 Å². The van der Waals surface area contributed by atoms with E-state index >= 15 is 0 Å². The van der Waals surface area contributed by atoms with Crippen LogP contribution in [0.4, 0.5) is 5.82 Å². The lowest BCUT2D eigenvalue weighted by Crippen LogP contribution is -2.34. The number of carbonyl (C=O) groups excluding carboxylic acids is 1. The van der Waals surface area contributed by atoms with Gasteiger partial charge in [-0.05, 0) is 38.7 Å². The molecule has 3 aromatic rings. The number of carbonyl (C=O) groups is 1. The number of hydrogen-bond donors (Lipinski definition) is 1. The summed E-state index contributed by atoms with van der Waals surface area (Å²) in [5.41, 5.74) is 1.56. The molecule has 1 amide bonds. The maximum Gasteiger partial charge on any atom is 0.259 e. The van der Waals surface area contributed by atoms with Gasteiger partial charge in [-0.25, -0.2) is 9.67 Å². The highest BCUT2D eigenvalue weighted by Gasteiger charge is 2.22. The zero-order valence-corrected chi connectivity index (χ0v) is 17.7. The Kier molecular flexibility index (Phi) is 5.54. The van der Waals surface area contributed by atoms with Gasteiger partial charge in [-0.2, -0.15) is 10.1 Å². The van der Waals surface area contributed by atoms with Crippen molar-refractivity contribution in [1.82, 2.24) is 29.8 Å². The molecule has 2 aliphatic rings. The lowest BCUT2D eigenvalue weighted by Gasteiger charge is -2.25. The third-order valence-corrected chi connectivity index (χ3v) is 5.92. The Labute approximate surface area is 179 Å². The summed E-state index contributed by atoms with van der Waals surface area (Å²) in [5, 5.41) is 13.3. The van der Waals surface area contributed by atoms with Crippen LogP contribution in [0, 0.1) is 0 Å². The highest BCUT2D eigenvalue weighted by Crippen LogP contribution is 2.28. The highest BCUT2D eigenvalue weighted by atomic mass is 16.5. The Hall–Kier alpha value is -3.01. The standard InChI is InChI=1S/C21H27N7O3/c1-2-28-20-16(19(25-28)23-15-6-9-30-10-7-15)11-14(12-22-20)21-24-17(26-31-21)13-27-8-4-3-5-18(27)29/h11-12,15H,2-10,13H2,1H3,(H,23,25). The minimum atomic E-state index is 0.150. The Morgan fingerprint density at radius 3 is 2.94 bits per heavy atom. The number of piperidine rings is 1. The van der Waals surface area contributed by atoms with Crippen LogP contribution in [0.1, 0.15) is 44.9 Å². The van der Waals surface area contributed by atoms with Gasteiger partial charge >= 0.3 is 0 Å². The Morgan fingerprint density at radius 2 is 2.13 bits per heavy atom. The summed E-state index contributed by atoms with van der Waals surface area (Å²) in [5.74, 6) is 1.87. The second kappa shape index (κ2) is 8.62. The summed E-state index contributed by atoms with van der Waals surface area (Å²) >= 11 is 0. The first-order chi connectivity index (χ1) is 15.2. The monoisotopic (exact) mass is 425 g/mol. The van der Waals surface area contributed by atoms with Crippen LogP contribution in [0.5, 0.6) is 0 Å². The Bertz CT molecular complexity index is 1070. The summed E-state index contributed by atoms with van der Waals surface area (Å²) < 4.78 is 12.8. The summed E-state index contributed by atoms with van der Waals surface area (Å²) in [4.78, 5) is 23.0. The molecular weight excluding hydrogens is 398 g/mol. The second-order valence-electron chi connectivity index (χ2n) is 8.08. The molecule has 0 bridgehead atoms. The van der Waals surface area contributed by atoms with Crippen LogP contribution < -0.4 is 5.32 Å². The zero-order valence-electron chi connectivity index (χ0n) is 17.7. The molecule has 0 radical (unpaired) electrons. The molecule has 0 atom stereocenters. The Balaban J connectivity index is 1.40. The fourth-order valence-electron chi connectivity index (χ4n) is 4.17. The van der Waals surface area contributed by atoms with Crippen LogP contribution >= 0.6 is 0 Å². The number of anilines is 1. The third-order valence-electron chi connectivity index (χ3n) is 5.92. The van der Waals surface area contributed by atoms with E-state index in [0.717, 1.165) is 74.4 Å². The molecule has 0 spiro atoms. The van der Waals surface area contributed by atoms with E-state index < -0.39 is 0 Å². The molecule has 2 fully saturated rings. The van der Waals surface area contributed by atoms with Crippen molar-refractivity contribution in [1.29, 1.82) is 0 Å². The topological polar surface area (TPSA) is 111 Å². The van der Waals surface area contributed by atoms with Crippen molar-refractivity contribution in [3.05, 3.63) is 18.1 Å². The van der Waals surface area contributed by atoms with Gasteiger partial charge in [-0.1, -0.05) is 5.16 Å². The summed E-state index contributed by atoms with van der Waals surface area (Å²) in [7, 11) is 0.